The maximum atomic E-state index is 9.63. The Balaban J connectivity index is 2.33. The molecule has 57 valence electrons. The lowest BCUT2D eigenvalue weighted by atomic mass is 10.2. The summed E-state index contributed by atoms with van der Waals surface area (Å²) in [5.41, 5.74) is 1.13. The first-order chi connectivity index (χ1) is 5.43. The fourth-order valence-corrected chi connectivity index (χ4v) is 1.13. The van der Waals surface area contributed by atoms with E-state index >= 15 is 0 Å². The first-order valence-electron chi connectivity index (χ1n) is 3.13. The third-order valence-corrected chi connectivity index (χ3v) is 1.80. The second kappa shape index (κ2) is 4.79. The van der Waals surface area contributed by atoms with Crippen LogP contribution in [0.5, 0.6) is 0 Å². The van der Waals surface area contributed by atoms with Gasteiger partial charge in [-0.2, -0.15) is 0 Å². The molecule has 0 fully saturated rings. The van der Waals surface area contributed by atoms with Crippen LogP contribution in [0.4, 0.5) is 0 Å². The van der Waals surface area contributed by atoms with Gasteiger partial charge >= 0.3 is 6.47 Å². The number of benzene rings is 1. The first kappa shape index (κ1) is 8.14. The van der Waals surface area contributed by atoms with Crippen LogP contribution in [0.25, 0.3) is 0 Å². The van der Waals surface area contributed by atoms with Crippen molar-refractivity contribution in [3.05, 3.63) is 35.9 Å². The van der Waals surface area contributed by atoms with Crippen LogP contribution in [0.1, 0.15) is 5.56 Å². The predicted octanol–water partition coefficient (Wildman–Crippen LogP) is 1.92. The standard InChI is InChI=1S/C8H7O2S/c9-7-10-11-6-8-4-2-1-3-5-8/h1-5H,6H2. The molecule has 0 aliphatic heterocycles. The van der Waals surface area contributed by atoms with Crippen LogP contribution in [-0.4, -0.2) is 6.47 Å². The lowest BCUT2D eigenvalue weighted by Crippen LogP contribution is -1.80. The van der Waals surface area contributed by atoms with Crippen molar-refractivity contribution in [1.82, 2.24) is 0 Å². The fraction of sp³-hybridized carbons (Fsp3) is 0.125. The highest BCUT2D eigenvalue weighted by Gasteiger charge is 1.91. The van der Waals surface area contributed by atoms with Crippen molar-refractivity contribution >= 4 is 18.5 Å². The van der Waals surface area contributed by atoms with Gasteiger partial charge in [-0.1, -0.05) is 30.3 Å². The SMILES string of the molecule is O=[C]OSCc1ccccc1. The highest BCUT2D eigenvalue weighted by Crippen LogP contribution is 2.10. The molecule has 3 heteroatoms. The Morgan fingerprint density at radius 3 is 2.73 bits per heavy atom. The van der Waals surface area contributed by atoms with Gasteiger partial charge in [-0.15, -0.1) is 0 Å². The minimum absolute atomic E-state index is 0.677. The van der Waals surface area contributed by atoms with E-state index in [1.165, 1.54) is 6.47 Å². The van der Waals surface area contributed by atoms with Gasteiger partial charge in [-0.3, -0.25) is 0 Å². The van der Waals surface area contributed by atoms with Crippen LogP contribution < -0.4 is 0 Å². The summed E-state index contributed by atoms with van der Waals surface area (Å²) >= 11 is 1.08. The topological polar surface area (TPSA) is 26.3 Å². The fourth-order valence-electron chi connectivity index (χ4n) is 0.696. The van der Waals surface area contributed by atoms with Crippen molar-refractivity contribution < 1.29 is 8.98 Å². The second-order valence-corrected chi connectivity index (χ2v) is 2.61. The summed E-state index contributed by atoms with van der Waals surface area (Å²) in [6.45, 7) is 1.35. The van der Waals surface area contributed by atoms with Gasteiger partial charge in [0.15, 0.2) is 0 Å². The summed E-state index contributed by atoms with van der Waals surface area (Å²) in [6.07, 6.45) is 0. The Labute approximate surface area is 69.8 Å². The quantitative estimate of drug-likeness (QED) is 0.506. The number of rotatable bonds is 4. The summed E-state index contributed by atoms with van der Waals surface area (Å²) in [4.78, 5) is 9.63. The summed E-state index contributed by atoms with van der Waals surface area (Å²) < 4.78 is 4.35. The Bertz CT molecular complexity index is 211. The van der Waals surface area contributed by atoms with E-state index in [4.69, 9.17) is 0 Å². The molecule has 0 N–H and O–H groups in total. The lowest BCUT2D eigenvalue weighted by molar-refractivity contribution is 0.474. The van der Waals surface area contributed by atoms with Gasteiger partial charge in [0.05, 0.1) is 17.8 Å². The van der Waals surface area contributed by atoms with Crippen molar-refractivity contribution in [2.75, 3.05) is 0 Å². The molecule has 0 heterocycles. The van der Waals surface area contributed by atoms with Crippen molar-refractivity contribution in [1.29, 1.82) is 0 Å². The van der Waals surface area contributed by atoms with Gasteiger partial charge in [0.2, 0.25) is 0 Å². The summed E-state index contributed by atoms with van der Waals surface area (Å²) in [6, 6.07) is 9.78. The van der Waals surface area contributed by atoms with E-state index in [0.29, 0.717) is 5.75 Å². The monoisotopic (exact) mass is 167 g/mol. The molecule has 1 rings (SSSR count). The van der Waals surface area contributed by atoms with Crippen molar-refractivity contribution in [2.24, 2.45) is 0 Å². The average molecular weight is 167 g/mol. The third kappa shape index (κ3) is 3.09. The molecule has 11 heavy (non-hydrogen) atoms. The zero-order valence-corrected chi connectivity index (χ0v) is 6.64. The van der Waals surface area contributed by atoms with Crippen molar-refractivity contribution in [2.45, 2.75) is 5.75 Å². The Kier molecular flexibility index (Phi) is 3.55. The molecule has 0 spiro atoms. The van der Waals surface area contributed by atoms with Crippen molar-refractivity contribution in [3.8, 4) is 0 Å². The van der Waals surface area contributed by atoms with E-state index in [9.17, 15) is 4.79 Å². The second-order valence-electron chi connectivity index (χ2n) is 1.91. The van der Waals surface area contributed by atoms with E-state index < -0.39 is 0 Å². The van der Waals surface area contributed by atoms with Crippen LogP contribution in [0.2, 0.25) is 0 Å². The minimum Gasteiger partial charge on any atom is -0.383 e. The van der Waals surface area contributed by atoms with Crippen LogP contribution in [0.3, 0.4) is 0 Å². The van der Waals surface area contributed by atoms with Gasteiger partial charge < -0.3 is 4.18 Å². The minimum atomic E-state index is 0.677. The maximum absolute atomic E-state index is 9.63. The Hall–Kier alpha value is -0.960. The van der Waals surface area contributed by atoms with E-state index in [1.54, 1.807) is 0 Å². The van der Waals surface area contributed by atoms with Crippen LogP contribution in [0.15, 0.2) is 30.3 Å². The first-order valence-corrected chi connectivity index (χ1v) is 4.04. The molecule has 1 radical (unpaired) electrons. The van der Waals surface area contributed by atoms with E-state index in [0.717, 1.165) is 17.6 Å². The van der Waals surface area contributed by atoms with Gasteiger partial charge in [-0.05, 0) is 5.56 Å². The summed E-state index contributed by atoms with van der Waals surface area (Å²) in [5.74, 6) is 0.677. The molecule has 0 saturated heterocycles. The molecule has 0 amide bonds. The normalized spacial score (nSPS) is 9.09. The molecule has 1 aromatic carbocycles. The number of hydrogen-bond donors (Lipinski definition) is 0. The van der Waals surface area contributed by atoms with Crippen LogP contribution in [-0.2, 0) is 14.7 Å². The van der Waals surface area contributed by atoms with Crippen molar-refractivity contribution in [3.63, 3.8) is 0 Å². The molecule has 0 bridgehead atoms. The van der Waals surface area contributed by atoms with Gasteiger partial charge in [0.1, 0.15) is 0 Å². The van der Waals surface area contributed by atoms with Crippen LogP contribution in [0, 0.1) is 0 Å². The summed E-state index contributed by atoms with van der Waals surface area (Å²) in [5, 5.41) is 0. The van der Waals surface area contributed by atoms with E-state index in [-0.39, 0.29) is 0 Å². The maximum Gasteiger partial charge on any atom is 0.430 e. The molecule has 0 aliphatic rings. The van der Waals surface area contributed by atoms with Gasteiger partial charge in [0.25, 0.3) is 0 Å². The summed E-state index contributed by atoms with van der Waals surface area (Å²) in [7, 11) is 0. The van der Waals surface area contributed by atoms with E-state index in [2.05, 4.69) is 4.18 Å². The molecule has 1 aromatic rings. The molecule has 0 unspecified atom stereocenters. The molecule has 0 aliphatic carbocycles. The zero-order valence-electron chi connectivity index (χ0n) is 5.82. The Morgan fingerprint density at radius 2 is 2.09 bits per heavy atom. The zero-order chi connectivity index (χ0) is 7.94. The molecular formula is C8H7O2S. The van der Waals surface area contributed by atoms with Gasteiger partial charge in [-0.25, -0.2) is 4.79 Å². The molecule has 0 aromatic heterocycles. The number of carbonyl (C=O) groups excluding carboxylic acids is 1. The molecule has 0 atom stereocenters. The average Bonchev–Trinajstić information content (AvgIpc) is 2.07. The number of hydrogen-bond acceptors (Lipinski definition) is 3. The highest BCUT2D eigenvalue weighted by molar-refractivity contribution is 7.94. The molecule has 0 saturated carbocycles. The van der Waals surface area contributed by atoms with Crippen LogP contribution >= 0.6 is 12.0 Å². The highest BCUT2D eigenvalue weighted by atomic mass is 32.2. The lowest BCUT2D eigenvalue weighted by Gasteiger charge is -1.95. The predicted molar refractivity (Wildman–Crippen MR) is 44.5 cm³/mol. The Morgan fingerprint density at radius 1 is 1.36 bits per heavy atom. The smallest absolute Gasteiger partial charge is 0.383 e. The largest absolute Gasteiger partial charge is 0.430 e. The van der Waals surface area contributed by atoms with Gasteiger partial charge in [0, 0.05) is 0 Å². The van der Waals surface area contributed by atoms with E-state index in [1.807, 2.05) is 30.3 Å². The third-order valence-electron chi connectivity index (χ3n) is 1.16. The molecule has 2 nitrogen and oxygen atoms in total. The molecular weight excluding hydrogens is 160 g/mol.